The second kappa shape index (κ2) is 7.06. The van der Waals surface area contributed by atoms with E-state index in [2.05, 4.69) is 5.32 Å². The van der Waals surface area contributed by atoms with Crippen molar-refractivity contribution >= 4 is 17.9 Å². The maximum absolute atomic E-state index is 12.5. The highest BCUT2D eigenvalue weighted by Gasteiger charge is 2.45. The molecule has 3 amide bonds. The van der Waals surface area contributed by atoms with Gasteiger partial charge in [-0.15, -0.1) is 0 Å². The van der Waals surface area contributed by atoms with Crippen molar-refractivity contribution in [2.24, 2.45) is 0 Å². The minimum atomic E-state index is -0.882. The fourth-order valence-electron chi connectivity index (χ4n) is 2.41. The van der Waals surface area contributed by atoms with Gasteiger partial charge >= 0.3 is 12.0 Å². The molecule has 6 nitrogen and oxygen atoms in total. The number of nitrogens with zero attached hydrogens (tertiary/aromatic N) is 1. The van der Waals surface area contributed by atoms with Crippen LogP contribution in [0.3, 0.4) is 0 Å². The van der Waals surface area contributed by atoms with Crippen LogP contribution in [0.1, 0.15) is 38.3 Å². The lowest BCUT2D eigenvalue weighted by Crippen LogP contribution is -2.45. The summed E-state index contributed by atoms with van der Waals surface area (Å²) in [5.74, 6) is -0.960. The SMILES string of the molecule is CCCOC(=O)C(CC)N1C(=O)NC(c2ccccc2)C1=O. The molecule has 1 fully saturated rings. The van der Waals surface area contributed by atoms with Gasteiger partial charge in [0.25, 0.3) is 5.91 Å². The predicted molar refractivity (Wildman–Crippen MR) is 79.9 cm³/mol. The fourth-order valence-corrected chi connectivity index (χ4v) is 2.41. The Labute approximate surface area is 129 Å². The van der Waals surface area contributed by atoms with Crippen molar-refractivity contribution in [1.29, 1.82) is 0 Å². The maximum atomic E-state index is 12.5. The summed E-state index contributed by atoms with van der Waals surface area (Å²) in [7, 11) is 0. The van der Waals surface area contributed by atoms with E-state index in [-0.39, 0.29) is 6.61 Å². The largest absolute Gasteiger partial charge is 0.464 e. The van der Waals surface area contributed by atoms with Crippen LogP contribution in [0, 0.1) is 0 Å². The zero-order chi connectivity index (χ0) is 16.1. The van der Waals surface area contributed by atoms with Crippen LogP contribution in [0.15, 0.2) is 30.3 Å². The van der Waals surface area contributed by atoms with Crippen molar-refractivity contribution in [3.05, 3.63) is 35.9 Å². The lowest BCUT2D eigenvalue weighted by molar-refractivity contribution is -0.152. The second-order valence-electron chi connectivity index (χ2n) is 5.09. The molecule has 0 saturated carbocycles. The molecular formula is C16H20N2O4. The Hall–Kier alpha value is -2.37. The average molecular weight is 304 g/mol. The Balaban J connectivity index is 2.18. The Bertz CT molecular complexity index is 559. The molecule has 0 bridgehead atoms. The molecule has 6 heteroatoms. The predicted octanol–water partition coefficient (Wildman–Crippen LogP) is 2.01. The van der Waals surface area contributed by atoms with Gasteiger partial charge in [-0.05, 0) is 18.4 Å². The molecule has 1 aromatic rings. The van der Waals surface area contributed by atoms with Gasteiger partial charge in [-0.25, -0.2) is 14.5 Å². The molecule has 0 aromatic heterocycles. The molecule has 2 unspecified atom stereocenters. The molecule has 118 valence electrons. The van der Waals surface area contributed by atoms with Gasteiger partial charge in [-0.3, -0.25) is 4.79 Å². The number of nitrogens with one attached hydrogen (secondary N) is 1. The number of benzene rings is 1. The lowest BCUT2D eigenvalue weighted by Gasteiger charge is -2.22. The van der Waals surface area contributed by atoms with Crippen molar-refractivity contribution in [2.45, 2.75) is 38.8 Å². The van der Waals surface area contributed by atoms with Crippen molar-refractivity contribution in [2.75, 3.05) is 6.61 Å². The summed E-state index contributed by atoms with van der Waals surface area (Å²) in [5.41, 5.74) is 0.695. The highest BCUT2D eigenvalue weighted by Crippen LogP contribution is 2.24. The van der Waals surface area contributed by atoms with Crippen LogP contribution in [-0.4, -0.2) is 35.5 Å². The first-order valence-electron chi connectivity index (χ1n) is 7.45. The number of ether oxygens (including phenoxy) is 1. The van der Waals surface area contributed by atoms with Gasteiger partial charge in [-0.2, -0.15) is 0 Å². The van der Waals surface area contributed by atoms with E-state index >= 15 is 0 Å². The maximum Gasteiger partial charge on any atom is 0.329 e. The van der Waals surface area contributed by atoms with Gasteiger partial charge in [0, 0.05) is 0 Å². The number of carbonyl (C=O) groups excluding carboxylic acids is 3. The van der Waals surface area contributed by atoms with Crippen LogP contribution in [0.25, 0.3) is 0 Å². The number of urea groups is 1. The molecular weight excluding hydrogens is 284 g/mol. The van der Waals surface area contributed by atoms with Crippen molar-refractivity contribution < 1.29 is 19.1 Å². The third kappa shape index (κ3) is 3.10. The Morgan fingerprint density at radius 3 is 2.55 bits per heavy atom. The smallest absolute Gasteiger partial charge is 0.329 e. The molecule has 2 rings (SSSR count). The average Bonchev–Trinajstić information content (AvgIpc) is 2.83. The monoisotopic (exact) mass is 304 g/mol. The number of amides is 3. The van der Waals surface area contributed by atoms with E-state index in [1.807, 2.05) is 13.0 Å². The molecule has 2 atom stereocenters. The number of hydrogen-bond donors (Lipinski definition) is 1. The summed E-state index contributed by atoms with van der Waals surface area (Å²) >= 11 is 0. The van der Waals surface area contributed by atoms with E-state index in [9.17, 15) is 14.4 Å². The first kappa shape index (κ1) is 16.0. The molecule has 1 saturated heterocycles. The normalized spacial score (nSPS) is 19.0. The minimum Gasteiger partial charge on any atom is -0.464 e. The van der Waals surface area contributed by atoms with E-state index in [0.29, 0.717) is 18.4 Å². The molecule has 1 heterocycles. The first-order valence-corrected chi connectivity index (χ1v) is 7.45. The minimum absolute atomic E-state index is 0.279. The van der Waals surface area contributed by atoms with Crippen LogP contribution in [0.4, 0.5) is 4.79 Å². The molecule has 1 aliphatic heterocycles. The van der Waals surface area contributed by atoms with E-state index in [1.54, 1.807) is 31.2 Å². The molecule has 1 aromatic carbocycles. The highest BCUT2D eigenvalue weighted by molar-refractivity contribution is 6.07. The molecule has 22 heavy (non-hydrogen) atoms. The summed E-state index contributed by atoms with van der Waals surface area (Å²) in [4.78, 5) is 37.7. The van der Waals surface area contributed by atoms with E-state index in [1.165, 1.54) is 0 Å². The quantitative estimate of drug-likeness (QED) is 0.644. The van der Waals surface area contributed by atoms with E-state index in [4.69, 9.17) is 4.74 Å². The Morgan fingerprint density at radius 1 is 1.27 bits per heavy atom. The van der Waals surface area contributed by atoms with Crippen LogP contribution >= 0.6 is 0 Å². The third-order valence-corrected chi connectivity index (χ3v) is 3.52. The topological polar surface area (TPSA) is 75.7 Å². The lowest BCUT2D eigenvalue weighted by atomic mass is 10.1. The molecule has 0 radical (unpaired) electrons. The van der Waals surface area contributed by atoms with Crippen molar-refractivity contribution in [3.8, 4) is 0 Å². The number of hydrogen-bond acceptors (Lipinski definition) is 4. The Morgan fingerprint density at radius 2 is 1.95 bits per heavy atom. The third-order valence-electron chi connectivity index (χ3n) is 3.52. The van der Waals surface area contributed by atoms with E-state index in [0.717, 1.165) is 4.90 Å². The molecule has 1 N–H and O–H groups in total. The number of carbonyl (C=O) groups is 3. The summed E-state index contributed by atoms with van der Waals surface area (Å²) in [6.45, 7) is 3.91. The molecule has 0 spiro atoms. The summed E-state index contributed by atoms with van der Waals surface area (Å²) in [6, 6.07) is 6.77. The zero-order valence-electron chi connectivity index (χ0n) is 12.7. The molecule has 1 aliphatic rings. The van der Waals surface area contributed by atoms with Crippen molar-refractivity contribution in [1.82, 2.24) is 10.2 Å². The number of rotatable bonds is 6. The van der Waals surface area contributed by atoms with Gasteiger partial charge in [-0.1, -0.05) is 44.2 Å². The standard InChI is InChI=1S/C16H20N2O4/c1-3-10-22-15(20)12(4-2)18-14(19)13(17-16(18)21)11-8-6-5-7-9-11/h5-9,12-13H,3-4,10H2,1-2H3,(H,17,21). The van der Waals surface area contributed by atoms with Crippen LogP contribution in [0.2, 0.25) is 0 Å². The van der Waals surface area contributed by atoms with Gasteiger partial charge in [0.05, 0.1) is 6.61 Å². The van der Waals surface area contributed by atoms with Crippen molar-refractivity contribution in [3.63, 3.8) is 0 Å². The highest BCUT2D eigenvalue weighted by atomic mass is 16.5. The van der Waals surface area contributed by atoms with Gasteiger partial charge in [0.1, 0.15) is 12.1 Å². The van der Waals surface area contributed by atoms with Gasteiger partial charge < -0.3 is 10.1 Å². The first-order chi connectivity index (χ1) is 10.6. The molecule has 0 aliphatic carbocycles. The van der Waals surface area contributed by atoms with Crippen LogP contribution in [0.5, 0.6) is 0 Å². The number of imide groups is 1. The van der Waals surface area contributed by atoms with Gasteiger partial charge in [0.2, 0.25) is 0 Å². The second-order valence-corrected chi connectivity index (χ2v) is 5.09. The van der Waals surface area contributed by atoms with Gasteiger partial charge in [0.15, 0.2) is 0 Å². The summed E-state index contributed by atoms with van der Waals surface area (Å²) in [6.07, 6.45) is 1.01. The zero-order valence-corrected chi connectivity index (χ0v) is 12.7. The van der Waals surface area contributed by atoms with E-state index < -0.39 is 30.0 Å². The summed E-state index contributed by atoms with van der Waals surface area (Å²) in [5, 5.41) is 2.63. The fraction of sp³-hybridized carbons (Fsp3) is 0.438. The number of esters is 1. The van der Waals surface area contributed by atoms with Crippen LogP contribution < -0.4 is 5.32 Å². The van der Waals surface area contributed by atoms with Crippen LogP contribution in [-0.2, 0) is 14.3 Å². The summed E-state index contributed by atoms with van der Waals surface area (Å²) < 4.78 is 5.08. The Kier molecular flexibility index (Phi) is 5.14.